The molecule has 1 heterocycles. The number of hydrogen-bond acceptors (Lipinski definition) is 2. The van der Waals surface area contributed by atoms with Crippen molar-refractivity contribution < 1.29 is 9.59 Å². The number of imide groups is 1. The third-order valence-corrected chi connectivity index (χ3v) is 3.96. The number of hydrogen-bond donors (Lipinski definition) is 1. The molecule has 1 N–H and O–H groups in total. The van der Waals surface area contributed by atoms with Crippen molar-refractivity contribution in [1.29, 1.82) is 0 Å². The second-order valence-corrected chi connectivity index (χ2v) is 4.70. The highest BCUT2D eigenvalue weighted by molar-refractivity contribution is 14.1. The first kappa shape index (κ1) is 11.4. The molecular formula is C11H11IN2O2. The monoisotopic (exact) mass is 330 g/mol. The summed E-state index contributed by atoms with van der Waals surface area (Å²) in [6, 6.07) is 5.23. The van der Waals surface area contributed by atoms with Gasteiger partial charge in [0.1, 0.15) is 0 Å². The van der Waals surface area contributed by atoms with E-state index in [0.717, 1.165) is 9.13 Å². The molecule has 0 atom stereocenters. The van der Waals surface area contributed by atoms with Gasteiger partial charge in [0.05, 0.1) is 5.56 Å². The van der Waals surface area contributed by atoms with E-state index < -0.39 is 0 Å². The van der Waals surface area contributed by atoms with Crippen molar-refractivity contribution in [1.82, 2.24) is 10.2 Å². The molecule has 84 valence electrons. The van der Waals surface area contributed by atoms with Gasteiger partial charge in [-0.2, -0.15) is 0 Å². The molecule has 3 amide bonds. The van der Waals surface area contributed by atoms with E-state index in [1.165, 1.54) is 4.90 Å². The van der Waals surface area contributed by atoms with Crippen LogP contribution in [-0.2, 0) is 0 Å². The molecule has 0 spiro atoms. The van der Waals surface area contributed by atoms with Crippen molar-refractivity contribution in [3.05, 3.63) is 32.9 Å². The first-order valence-corrected chi connectivity index (χ1v) is 6.04. The van der Waals surface area contributed by atoms with Crippen LogP contribution in [0.25, 0.3) is 0 Å². The van der Waals surface area contributed by atoms with Gasteiger partial charge in [0.2, 0.25) is 0 Å². The smallest absolute Gasteiger partial charge is 0.324 e. The molecule has 1 aromatic rings. The topological polar surface area (TPSA) is 49.4 Å². The summed E-state index contributed by atoms with van der Waals surface area (Å²) in [4.78, 5) is 24.7. The Morgan fingerprint density at radius 1 is 1.50 bits per heavy atom. The van der Waals surface area contributed by atoms with Crippen molar-refractivity contribution >= 4 is 34.5 Å². The molecule has 1 aliphatic rings. The molecule has 0 bridgehead atoms. The Kier molecular flexibility index (Phi) is 3.13. The van der Waals surface area contributed by atoms with Gasteiger partial charge in [-0.1, -0.05) is 12.1 Å². The summed E-state index contributed by atoms with van der Waals surface area (Å²) in [5.41, 5.74) is 1.64. The van der Waals surface area contributed by atoms with Gasteiger partial charge in [-0.3, -0.25) is 9.69 Å². The minimum absolute atomic E-state index is 0.219. The van der Waals surface area contributed by atoms with Crippen LogP contribution in [0.3, 0.4) is 0 Å². The van der Waals surface area contributed by atoms with Crippen LogP contribution in [0.2, 0.25) is 0 Å². The van der Waals surface area contributed by atoms with E-state index in [1.807, 2.05) is 19.1 Å². The van der Waals surface area contributed by atoms with E-state index in [0.29, 0.717) is 18.7 Å². The fourth-order valence-corrected chi connectivity index (χ4v) is 2.21. The molecule has 1 aromatic carbocycles. The predicted molar refractivity (Wildman–Crippen MR) is 68.3 cm³/mol. The number of nitrogens with zero attached hydrogens (tertiary/aromatic N) is 1. The van der Waals surface area contributed by atoms with Crippen LogP contribution < -0.4 is 5.32 Å². The maximum Gasteiger partial charge on any atom is 0.324 e. The number of halogens is 1. The maximum absolute atomic E-state index is 12.1. The molecule has 5 heteroatoms. The Morgan fingerprint density at radius 2 is 2.25 bits per heavy atom. The summed E-state index contributed by atoms with van der Waals surface area (Å²) in [6.45, 7) is 2.93. The summed E-state index contributed by atoms with van der Waals surface area (Å²) in [6.07, 6.45) is 0. The lowest BCUT2D eigenvalue weighted by Gasteiger charge is -2.13. The van der Waals surface area contributed by atoms with E-state index in [4.69, 9.17) is 0 Å². The van der Waals surface area contributed by atoms with Crippen LogP contribution in [0.1, 0.15) is 15.9 Å². The van der Waals surface area contributed by atoms with Gasteiger partial charge < -0.3 is 5.32 Å². The van der Waals surface area contributed by atoms with E-state index in [9.17, 15) is 9.59 Å². The quantitative estimate of drug-likeness (QED) is 0.798. The van der Waals surface area contributed by atoms with Crippen molar-refractivity contribution in [2.75, 3.05) is 13.1 Å². The van der Waals surface area contributed by atoms with Crippen LogP contribution in [0.4, 0.5) is 4.79 Å². The van der Waals surface area contributed by atoms with Crippen molar-refractivity contribution in [3.63, 3.8) is 0 Å². The molecule has 2 rings (SSSR count). The van der Waals surface area contributed by atoms with Gasteiger partial charge in [-0.25, -0.2) is 4.79 Å². The Morgan fingerprint density at radius 3 is 2.88 bits per heavy atom. The summed E-state index contributed by atoms with van der Waals surface area (Å²) in [5, 5.41) is 2.62. The highest BCUT2D eigenvalue weighted by atomic mass is 127. The second-order valence-electron chi connectivity index (χ2n) is 3.63. The van der Waals surface area contributed by atoms with E-state index in [1.54, 1.807) is 6.07 Å². The number of carbonyl (C=O) groups is 2. The summed E-state index contributed by atoms with van der Waals surface area (Å²) in [5.74, 6) is -0.219. The third-order valence-electron chi connectivity index (χ3n) is 2.52. The zero-order valence-electron chi connectivity index (χ0n) is 8.79. The lowest BCUT2D eigenvalue weighted by Crippen LogP contribution is -2.34. The summed E-state index contributed by atoms with van der Waals surface area (Å²) >= 11 is 2.13. The van der Waals surface area contributed by atoms with Crippen LogP contribution in [0, 0.1) is 10.5 Å². The van der Waals surface area contributed by atoms with Crippen LogP contribution >= 0.6 is 22.6 Å². The first-order chi connectivity index (χ1) is 7.61. The van der Waals surface area contributed by atoms with Gasteiger partial charge in [-0.05, 0) is 41.1 Å². The largest absolute Gasteiger partial charge is 0.336 e. The number of urea groups is 1. The van der Waals surface area contributed by atoms with Crippen LogP contribution in [0.5, 0.6) is 0 Å². The normalized spacial score (nSPS) is 15.1. The predicted octanol–water partition coefficient (Wildman–Crippen LogP) is 1.77. The number of aryl methyl sites for hydroxylation is 1. The van der Waals surface area contributed by atoms with Crippen molar-refractivity contribution in [2.45, 2.75) is 6.92 Å². The van der Waals surface area contributed by atoms with Gasteiger partial charge in [0, 0.05) is 16.7 Å². The Bertz CT molecular complexity index is 459. The molecule has 1 aliphatic heterocycles. The molecule has 1 saturated heterocycles. The van der Waals surface area contributed by atoms with E-state index >= 15 is 0 Å². The summed E-state index contributed by atoms with van der Waals surface area (Å²) < 4.78 is 0.907. The van der Waals surface area contributed by atoms with Gasteiger partial charge >= 0.3 is 6.03 Å². The average Bonchev–Trinajstić information content (AvgIpc) is 2.68. The molecule has 0 unspecified atom stereocenters. The van der Waals surface area contributed by atoms with Gasteiger partial charge in [-0.15, -0.1) is 0 Å². The molecular weight excluding hydrogens is 319 g/mol. The summed E-state index contributed by atoms with van der Waals surface area (Å²) in [7, 11) is 0. The minimum atomic E-state index is -0.303. The molecule has 0 aliphatic carbocycles. The fraction of sp³-hybridized carbons (Fsp3) is 0.273. The Hall–Kier alpha value is -1.11. The van der Waals surface area contributed by atoms with Crippen molar-refractivity contribution in [3.8, 4) is 0 Å². The molecule has 0 aromatic heterocycles. The Labute approximate surface area is 107 Å². The number of carbonyl (C=O) groups excluding carboxylic acids is 2. The standard InChI is InChI=1S/C11H11IN2O2/c1-7-3-2-4-8(9(7)12)10(15)14-6-5-13-11(14)16/h2-4H,5-6H2,1H3,(H,13,16). The molecule has 0 radical (unpaired) electrons. The number of nitrogens with one attached hydrogen (secondary N) is 1. The van der Waals surface area contributed by atoms with Crippen molar-refractivity contribution in [2.24, 2.45) is 0 Å². The number of rotatable bonds is 1. The lowest BCUT2D eigenvalue weighted by molar-refractivity contribution is 0.0828. The molecule has 16 heavy (non-hydrogen) atoms. The number of benzene rings is 1. The highest BCUT2D eigenvalue weighted by Crippen LogP contribution is 2.19. The lowest BCUT2D eigenvalue weighted by atomic mass is 10.1. The zero-order valence-corrected chi connectivity index (χ0v) is 10.9. The van der Waals surface area contributed by atoms with E-state index in [-0.39, 0.29) is 11.9 Å². The molecule has 4 nitrogen and oxygen atoms in total. The minimum Gasteiger partial charge on any atom is -0.336 e. The molecule has 1 fully saturated rings. The van der Waals surface area contributed by atoms with Crippen LogP contribution in [-0.4, -0.2) is 29.9 Å². The maximum atomic E-state index is 12.1. The third kappa shape index (κ3) is 1.91. The van der Waals surface area contributed by atoms with Crippen LogP contribution in [0.15, 0.2) is 18.2 Å². The molecule has 0 saturated carbocycles. The first-order valence-electron chi connectivity index (χ1n) is 4.96. The fourth-order valence-electron chi connectivity index (χ4n) is 1.62. The average molecular weight is 330 g/mol. The Balaban J connectivity index is 2.34. The highest BCUT2D eigenvalue weighted by Gasteiger charge is 2.28. The SMILES string of the molecule is Cc1cccc(C(=O)N2CCNC2=O)c1I. The second kappa shape index (κ2) is 4.40. The van der Waals surface area contributed by atoms with Gasteiger partial charge in [0.25, 0.3) is 5.91 Å². The zero-order chi connectivity index (χ0) is 11.7. The van der Waals surface area contributed by atoms with E-state index in [2.05, 4.69) is 27.9 Å². The number of amides is 3. The van der Waals surface area contributed by atoms with Gasteiger partial charge in [0.15, 0.2) is 0 Å².